The van der Waals surface area contributed by atoms with Crippen molar-refractivity contribution in [2.75, 3.05) is 0 Å². The average Bonchev–Trinajstić information content (AvgIpc) is 2.90. The molecule has 0 heteroatoms. The van der Waals surface area contributed by atoms with Crippen molar-refractivity contribution >= 4 is 0 Å². The monoisotopic (exact) mass is 158 g/mol. The van der Waals surface area contributed by atoms with E-state index >= 15 is 0 Å². The molecule has 0 radical (unpaired) electrons. The van der Waals surface area contributed by atoms with Crippen LogP contribution in [0.15, 0.2) is 42.5 Å². The van der Waals surface area contributed by atoms with E-state index < -0.39 is 0 Å². The molecule has 0 unspecified atom stereocenters. The molecule has 1 aliphatic rings. The Kier molecular flexibility index (Phi) is 2.26. The summed E-state index contributed by atoms with van der Waals surface area (Å²) in [4.78, 5) is 0. The third-order valence-corrected chi connectivity index (χ3v) is 2.23. The van der Waals surface area contributed by atoms with Crippen LogP contribution in [0.2, 0.25) is 0 Å². The van der Waals surface area contributed by atoms with Crippen LogP contribution in [-0.4, -0.2) is 0 Å². The Morgan fingerprint density at radius 1 is 1.17 bits per heavy atom. The van der Waals surface area contributed by atoms with Crippen LogP contribution in [0, 0.1) is 5.92 Å². The minimum Gasteiger partial charge on any atom is -0.0851 e. The maximum atomic E-state index is 2.35. The lowest BCUT2D eigenvalue weighted by atomic mass is 10.1. The minimum atomic E-state index is 0.911. The Balaban J connectivity index is 1.86. The highest BCUT2D eigenvalue weighted by atomic mass is 14.2. The van der Waals surface area contributed by atoms with Crippen LogP contribution in [0.25, 0.3) is 0 Å². The molecule has 1 aromatic rings. The van der Waals surface area contributed by atoms with Gasteiger partial charge in [-0.15, -0.1) is 0 Å². The lowest BCUT2D eigenvalue weighted by Crippen LogP contribution is -1.78. The van der Waals surface area contributed by atoms with Gasteiger partial charge in [0.05, 0.1) is 0 Å². The molecule has 0 heterocycles. The zero-order valence-corrected chi connectivity index (χ0v) is 7.24. The fraction of sp³-hybridized carbons (Fsp3) is 0.333. The van der Waals surface area contributed by atoms with Gasteiger partial charge >= 0.3 is 0 Å². The van der Waals surface area contributed by atoms with Gasteiger partial charge in [0.1, 0.15) is 0 Å². The van der Waals surface area contributed by atoms with Crippen LogP contribution in [0.5, 0.6) is 0 Å². The van der Waals surface area contributed by atoms with E-state index in [1.165, 1.54) is 18.4 Å². The Hall–Kier alpha value is -1.04. The van der Waals surface area contributed by atoms with Gasteiger partial charge < -0.3 is 0 Å². The molecule has 1 aliphatic carbocycles. The first-order chi connectivity index (χ1) is 5.95. The molecule has 62 valence electrons. The maximum Gasteiger partial charge on any atom is -0.00974 e. The third kappa shape index (κ3) is 2.23. The van der Waals surface area contributed by atoms with Gasteiger partial charge in [-0.05, 0) is 30.7 Å². The van der Waals surface area contributed by atoms with E-state index in [9.17, 15) is 0 Å². The summed E-state index contributed by atoms with van der Waals surface area (Å²) in [6, 6.07) is 10.6. The van der Waals surface area contributed by atoms with Crippen molar-refractivity contribution in [3.8, 4) is 0 Å². The standard InChI is InChI=1S/C12H14/c1-2-5-11(6-3-1)7-4-8-12-9-10-12/h1-6,8,12H,7,9-10H2. The molecule has 0 amide bonds. The summed E-state index contributed by atoms with van der Waals surface area (Å²) >= 11 is 0. The molecule has 12 heavy (non-hydrogen) atoms. The van der Waals surface area contributed by atoms with Gasteiger partial charge in [-0.2, -0.15) is 0 Å². The molecule has 0 nitrogen and oxygen atoms in total. The molecule has 0 atom stereocenters. The zero-order chi connectivity index (χ0) is 8.23. The van der Waals surface area contributed by atoms with Gasteiger partial charge in [0, 0.05) is 0 Å². The average molecular weight is 158 g/mol. The van der Waals surface area contributed by atoms with Crippen LogP contribution >= 0.6 is 0 Å². The molecule has 0 N–H and O–H groups in total. The lowest BCUT2D eigenvalue weighted by Gasteiger charge is -1.93. The summed E-state index contributed by atoms with van der Waals surface area (Å²) in [7, 11) is 0. The van der Waals surface area contributed by atoms with Crippen molar-refractivity contribution in [3.63, 3.8) is 0 Å². The van der Waals surface area contributed by atoms with E-state index in [0.717, 1.165) is 12.3 Å². The van der Waals surface area contributed by atoms with E-state index in [1.807, 2.05) is 0 Å². The first kappa shape index (κ1) is 7.60. The first-order valence-electron chi connectivity index (χ1n) is 4.66. The first-order valence-corrected chi connectivity index (χ1v) is 4.66. The number of benzene rings is 1. The van der Waals surface area contributed by atoms with Gasteiger partial charge in [0.15, 0.2) is 0 Å². The molecule has 0 bridgehead atoms. The van der Waals surface area contributed by atoms with Crippen molar-refractivity contribution < 1.29 is 0 Å². The van der Waals surface area contributed by atoms with Gasteiger partial charge in [0.2, 0.25) is 0 Å². The molecule has 0 spiro atoms. The van der Waals surface area contributed by atoms with Gasteiger partial charge in [-0.3, -0.25) is 0 Å². The number of allylic oxidation sites excluding steroid dienone is 2. The molecule has 1 fully saturated rings. The smallest absolute Gasteiger partial charge is 0.00974 e. The second kappa shape index (κ2) is 3.57. The number of hydrogen-bond acceptors (Lipinski definition) is 0. The summed E-state index contributed by atoms with van der Waals surface area (Å²) < 4.78 is 0. The topological polar surface area (TPSA) is 0 Å². The van der Waals surface area contributed by atoms with Gasteiger partial charge in [-0.1, -0.05) is 42.5 Å². The van der Waals surface area contributed by atoms with Crippen LogP contribution < -0.4 is 0 Å². The SMILES string of the molecule is C(=CC1CC1)Cc1ccccc1. The van der Waals surface area contributed by atoms with Crippen molar-refractivity contribution in [2.24, 2.45) is 5.92 Å². The lowest BCUT2D eigenvalue weighted by molar-refractivity contribution is 1.10. The molecule has 1 aromatic carbocycles. The fourth-order valence-electron chi connectivity index (χ4n) is 1.30. The Morgan fingerprint density at radius 3 is 2.58 bits per heavy atom. The van der Waals surface area contributed by atoms with E-state index in [2.05, 4.69) is 42.5 Å². The highest BCUT2D eigenvalue weighted by molar-refractivity contribution is 5.17. The Bertz CT molecular complexity index is 255. The van der Waals surface area contributed by atoms with E-state index in [4.69, 9.17) is 0 Å². The second-order valence-corrected chi connectivity index (χ2v) is 3.46. The second-order valence-electron chi connectivity index (χ2n) is 3.46. The summed E-state index contributed by atoms with van der Waals surface area (Å²) in [6.07, 6.45) is 8.56. The quantitative estimate of drug-likeness (QED) is 0.592. The van der Waals surface area contributed by atoms with Crippen LogP contribution in [0.1, 0.15) is 18.4 Å². The van der Waals surface area contributed by atoms with E-state index in [-0.39, 0.29) is 0 Å². The fourth-order valence-corrected chi connectivity index (χ4v) is 1.30. The summed E-state index contributed by atoms with van der Waals surface area (Å²) in [5.74, 6) is 0.911. The van der Waals surface area contributed by atoms with E-state index in [1.54, 1.807) is 0 Å². The highest BCUT2D eigenvalue weighted by Gasteiger charge is 2.16. The van der Waals surface area contributed by atoms with Gasteiger partial charge in [0.25, 0.3) is 0 Å². The number of rotatable bonds is 3. The molecule has 0 saturated heterocycles. The molecular weight excluding hydrogens is 144 g/mol. The minimum absolute atomic E-state index is 0.911. The number of hydrogen-bond donors (Lipinski definition) is 0. The molecule has 2 rings (SSSR count). The van der Waals surface area contributed by atoms with Crippen molar-refractivity contribution in [1.82, 2.24) is 0 Å². The largest absolute Gasteiger partial charge is 0.0851 e. The molecular formula is C12H14. The molecule has 1 saturated carbocycles. The van der Waals surface area contributed by atoms with E-state index in [0.29, 0.717) is 0 Å². The Morgan fingerprint density at radius 2 is 1.92 bits per heavy atom. The van der Waals surface area contributed by atoms with Crippen LogP contribution in [-0.2, 0) is 6.42 Å². The summed E-state index contributed by atoms with van der Waals surface area (Å²) in [5, 5.41) is 0. The predicted molar refractivity (Wildman–Crippen MR) is 52.0 cm³/mol. The third-order valence-electron chi connectivity index (χ3n) is 2.23. The summed E-state index contributed by atoms with van der Waals surface area (Å²) in [6.45, 7) is 0. The van der Waals surface area contributed by atoms with Gasteiger partial charge in [-0.25, -0.2) is 0 Å². The maximum absolute atomic E-state index is 2.35. The molecule has 0 aromatic heterocycles. The van der Waals surface area contributed by atoms with Crippen molar-refractivity contribution in [3.05, 3.63) is 48.0 Å². The zero-order valence-electron chi connectivity index (χ0n) is 7.24. The predicted octanol–water partition coefficient (Wildman–Crippen LogP) is 3.20. The Labute approximate surface area is 73.9 Å². The van der Waals surface area contributed by atoms with Crippen LogP contribution in [0.4, 0.5) is 0 Å². The normalized spacial score (nSPS) is 17.0. The van der Waals surface area contributed by atoms with Crippen molar-refractivity contribution in [1.29, 1.82) is 0 Å². The molecule has 0 aliphatic heterocycles. The van der Waals surface area contributed by atoms with Crippen LogP contribution in [0.3, 0.4) is 0 Å². The van der Waals surface area contributed by atoms with Crippen molar-refractivity contribution in [2.45, 2.75) is 19.3 Å². The summed E-state index contributed by atoms with van der Waals surface area (Å²) in [5.41, 5.74) is 1.41. The highest BCUT2D eigenvalue weighted by Crippen LogP contribution is 2.30.